The van der Waals surface area contributed by atoms with Crippen LogP contribution in [-0.2, 0) is 17.1 Å². The van der Waals surface area contributed by atoms with E-state index >= 15 is 0 Å². The van der Waals surface area contributed by atoms with Crippen molar-refractivity contribution in [1.82, 2.24) is 9.29 Å². The van der Waals surface area contributed by atoms with Crippen molar-refractivity contribution in [3.8, 4) is 0 Å². The highest BCUT2D eigenvalue weighted by molar-refractivity contribution is 7.89. The summed E-state index contributed by atoms with van der Waals surface area (Å²) in [5.74, 6) is -0.532. The van der Waals surface area contributed by atoms with Crippen molar-refractivity contribution in [1.29, 1.82) is 0 Å². The molecule has 8 heteroatoms. The summed E-state index contributed by atoms with van der Waals surface area (Å²) >= 11 is 0. The SMILES string of the molecule is CCC(CC)(CN)NS(=O)(=O)c1ccc2c(c1)oc(=O)n2C. The average molecular weight is 327 g/mol. The summed E-state index contributed by atoms with van der Waals surface area (Å²) in [6, 6.07) is 4.36. The van der Waals surface area contributed by atoms with Gasteiger partial charge in [0.2, 0.25) is 10.0 Å². The van der Waals surface area contributed by atoms with Gasteiger partial charge in [0.1, 0.15) is 0 Å². The fourth-order valence-electron chi connectivity index (χ4n) is 2.35. The maximum atomic E-state index is 12.6. The number of hydrogen-bond acceptors (Lipinski definition) is 5. The zero-order valence-electron chi connectivity index (χ0n) is 12.9. The fraction of sp³-hybridized carbons (Fsp3) is 0.500. The Morgan fingerprint density at radius 2 is 1.95 bits per heavy atom. The molecule has 0 saturated heterocycles. The highest BCUT2D eigenvalue weighted by Gasteiger charge is 2.31. The minimum absolute atomic E-state index is 0.0501. The van der Waals surface area contributed by atoms with Gasteiger partial charge in [-0.15, -0.1) is 0 Å². The molecule has 0 saturated carbocycles. The molecule has 0 amide bonds. The lowest BCUT2D eigenvalue weighted by Crippen LogP contribution is -2.52. The Morgan fingerprint density at radius 1 is 1.32 bits per heavy atom. The number of hydrogen-bond donors (Lipinski definition) is 2. The third kappa shape index (κ3) is 2.81. The normalized spacial score (nSPS) is 12.9. The molecule has 3 N–H and O–H groups in total. The number of aromatic nitrogens is 1. The van der Waals surface area contributed by atoms with Crippen molar-refractivity contribution in [2.24, 2.45) is 12.8 Å². The summed E-state index contributed by atoms with van der Waals surface area (Å²) in [5, 5.41) is 0. The summed E-state index contributed by atoms with van der Waals surface area (Å²) in [6.07, 6.45) is 1.17. The van der Waals surface area contributed by atoms with Crippen LogP contribution in [0.3, 0.4) is 0 Å². The van der Waals surface area contributed by atoms with Crippen molar-refractivity contribution in [2.45, 2.75) is 37.1 Å². The molecule has 1 aromatic heterocycles. The topological polar surface area (TPSA) is 107 Å². The molecule has 2 rings (SSSR count). The van der Waals surface area contributed by atoms with Crippen molar-refractivity contribution in [3.63, 3.8) is 0 Å². The number of aryl methyl sites for hydroxylation is 1. The van der Waals surface area contributed by atoms with Crippen LogP contribution < -0.4 is 16.2 Å². The van der Waals surface area contributed by atoms with Gasteiger partial charge in [-0.3, -0.25) is 4.57 Å². The maximum Gasteiger partial charge on any atom is 0.419 e. The van der Waals surface area contributed by atoms with Gasteiger partial charge < -0.3 is 10.2 Å². The van der Waals surface area contributed by atoms with Crippen molar-refractivity contribution >= 4 is 21.1 Å². The molecule has 0 spiro atoms. The van der Waals surface area contributed by atoms with Gasteiger partial charge in [-0.1, -0.05) is 13.8 Å². The lowest BCUT2D eigenvalue weighted by Gasteiger charge is -2.30. The number of benzene rings is 1. The Morgan fingerprint density at radius 3 is 2.50 bits per heavy atom. The standard InChI is InChI=1S/C14H21N3O4S/c1-4-14(5-2,9-15)16-22(19,20)10-6-7-11-12(8-10)21-13(18)17(11)3/h6-8,16H,4-5,9,15H2,1-3H3. The summed E-state index contributed by atoms with van der Waals surface area (Å²) in [7, 11) is -2.19. The zero-order valence-corrected chi connectivity index (χ0v) is 13.7. The molecule has 0 bridgehead atoms. The minimum Gasteiger partial charge on any atom is -0.408 e. The quantitative estimate of drug-likeness (QED) is 0.820. The van der Waals surface area contributed by atoms with E-state index in [9.17, 15) is 13.2 Å². The Bertz CT molecular complexity index is 823. The molecule has 0 aliphatic heterocycles. The Balaban J connectivity index is 2.47. The van der Waals surface area contributed by atoms with Crippen LogP contribution in [0.1, 0.15) is 26.7 Å². The van der Waals surface area contributed by atoms with Gasteiger partial charge in [0.05, 0.1) is 10.4 Å². The molecule has 7 nitrogen and oxygen atoms in total. The summed E-state index contributed by atoms with van der Waals surface area (Å²) in [4.78, 5) is 11.5. The molecule has 2 aromatic rings. The lowest BCUT2D eigenvalue weighted by molar-refractivity contribution is 0.363. The molecule has 0 fully saturated rings. The first-order chi connectivity index (χ1) is 10.3. The zero-order chi connectivity index (χ0) is 16.5. The largest absolute Gasteiger partial charge is 0.419 e. The van der Waals surface area contributed by atoms with E-state index in [1.165, 1.54) is 16.7 Å². The van der Waals surface area contributed by atoms with E-state index in [1.807, 2.05) is 13.8 Å². The molecular weight excluding hydrogens is 306 g/mol. The molecule has 1 heterocycles. The van der Waals surface area contributed by atoms with Crippen LogP contribution in [0.5, 0.6) is 0 Å². The second-order valence-electron chi connectivity index (χ2n) is 5.35. The van der Waals surface area contributed by atoms with Gasteiger partial charge in [0, 0.05) is 25.2 Å². The molecule has 1 aromatic carbocycles. The number of sulfonamides is 1. The van der Waals surface area contributed by atoms with Crippen LogP contribution in [0.2, 0.25) is 0 Å². The second kappa shape index (κ2) is 5.86. The predicted octanol–water partition coefficient (Wildman–Crippen LogP) is 0.927. The van der Waals surface area contributed by atoms with E-state index in [-0.39, 0.29) is 17.0 Å². The first kappa shape index (κ1) is 16.7. The predicted molar refractivity (Wildman–Crippen MR) is 84.1 cm³/mol. The van der Waals surface area contributed by atoms with E-state index < -0.39 is 21.3 Å². The van der Waals surface area contributed by atoms with Gasteiger partial charge >= 0.3 is 5.76 Å². The van der Waals surface area contributed by atoms with E-state index in [2.05, 4.69) is 4.72 Å². The third-order valence-electron chi connectivity index (χ3n) is 4.17. The third-order valence-corrected chi connectivity index (χ3v) is 5.75. The van der Waals surface area contributed by atoms with Crippen LogP contribution in [0.4, 0.5) is 0 Å². The number of nitrogens with one attached hydrogen (secondary N) is 1. The van der Waals surface area contributed by atoms with Gasteiger partial charge in [-0.2, -0.15) is 0 Å². The molecule has 0 unspecified atom stereocenters. The Hall–Kier alpha value is -1.64. The molecule has 122 valence electrons. The summed E-state index contributed by atoms with van der Waals surface area (Å²) in [6.45, 7) is 3.98. The minimum atomic E-state index is -3.75. The molecule has 0 aliphatic rings. The highest BCUT2D eigenvalue weighted by Crippen LogP contribution is 2.21. The number of nitrogens with zero attached hydrogens (tertiary/aromatic N) is 1. The van der Waals surface area contributed by atoms with Crippen molar-refractivity contribution in [3.05, 3.63) is 28.7 Å². The van der Waals surface area contributed by atoms with Crippen LogP contribution >= 0.6 is 0 Å². The monoisotopic (exact) mass is 327 g/mol. The van der Waals surface area contributed by atoms with Crippen LogP contribution in [-0.4, -0.2) is 25.1 Å². The van der Waals surface area contributed by atoms with E-state index in [0.717, 1.165) is 0 Å². The Labute approximate surface area is 129 Å². The fourth-order valence-corrected chi connectivity index (χ4v) is 3.92. The lowest BCUT2D eigenvalue weighted by atomic mass is 9.95. The molecule has 22 heavy (non-hydrogen) atoms. The van der Waals surface area contributed by atoms with Gasteiger partial charge in [0.25, 0.3) is 0 Å². The average Bonchev–Trinajstić information content (AvgIpc) is 2.79. The van der Waals surface area contributed by atoms with E-state index in [0.29, 0.717) is 18.4 Å². The Kier molecular flexibility index (Phi) is 4.46. The van der Waals surface area contributed by atoms with Crippen molar-refractivity contribution in [2.75, 3.05) is 6.54 Å². The molecule has 0 atom stereocenters. The number of nitrogens with two attached hydrogens (primary N) is 1. The van der Waals surface area contributed by atoms with Gasteiger partial charge in [-0.25, -0.2) is 17.9 Å². The molecule has 0 aliphatic carbocycles. The number of rotatable bonds is 6. The second-order valence-corrected chi connectivity index (χ2v) is 7.04. The van der Waals surface area contributed by atoms with Crippen LogP contribution in [0.25, 0.3) is 11.1 Å². The number of oxazole rings is 1. The van der Waals surface area contributed by atoms with Crippen LogP contribution in [0.15, 0.2) is 32.3 Å². The van der Waals surface area contributed by atoms with E-state index in [4.69, 9.17) is 10.2 Å². The highest BCUT2D eigenvalue weighted by atomic mass is 32.2. The van der Waals surface area contributed by atoms with E-state index in [1.54, 1.807) is 13.1 Å². The van der Waals surface area contributed by atoms with Crippen molar-refractivity contribution < 1.29 is 12.8 Å². The summed E-state index contributed by atoms with van der Waals surface area (Å²) < 4.78 is 34.2. The molecular formula is C14H21N3O4S. The first-order valence-electron chi connectivity index (χ1n) is 7.12. The smallest absolute Gasteiger partial charge is 0.408 e. The van der Waals surface area contributed by atoms with Crippen LogP contribution in [0, 0.1) is 0 Å². The summed E-state index contributed by atoms with van der Waals surface area (Å²) in [5.41, 5.74) is 5.84. The first-order valence-corrected chi connectivity index (χ1v) is 8.60. The molecule has 0 radical (unpaired) electrons. The van der Waals surface area contributed by atoms with Gasteiger partial charge in [-0.05, 0) is 25.0 Å². The number of fused-ring (bicyclic) bond motifs is 1. The maximum absolute atomic E-state index is 12.6. The van der Waals surface area contributed by atoms with Gasteiger partial charge in [0.15, 0.2) is 5.58 Å².